The number of carbonyl (C=O) groups excluding carboxylic acids is 1. The molecule has 1 fully saturated rings. The van der Waals surface area contributed by atoms with E-state index in [1.165, 1.54) is 46.8 Å². The van der Waals surface area contributed by atoms with Crippen LogP contribution < -0.4 is 16.4 Å². The van der Waals surface area contributed by atoms with Gasteiger partial charge in [-0.2, -0.15) is 4.31 Å². The lowest BCUT2D eigenvalue weighted by Gasteiger charge is -2.40. The molecule has 4 N–H and O–H groups in total. The van der Waals surface area contributed by atoms with E-state index in [2.05, 4.69) is 10.6 Å². The Morgan fingerprint density at radius 3 is 2.30 bits per heavy atom. The van der Waals surface area contributed by atoms with Gasteiger partial charge in [-0.3, -0.25) is 4.79 Å². The number of benzene rings is 4. The minimum atomic E-state index is -4.01. The summed E-state index contributed by atoms with van der Waals surface area (Å²) in [6, 6.07) is 15.6. The number of sulfonamides is 1. The Labute approximate surface area is 275 Å². The van der Waals surface area contributed by atoms with Gasteiger partial charge in [0.1, 0.15) is 28.2 Å². The molecule has 4 aromatic rings. The van der Waals surface area contributed by atoms with Crippen molar-refractivity contribution in [3.8, 4) is 0 Å². The quantitative estimate of drug-likeness (QED) is 0.178. The van der Waals surface area contributed by atoms with Crippen molar-refractivity contribution >= 4 is 33.2 Å². The smallest absolute Gasteiger partial charge is 0.245 e. The topological polar surface area (TPSA) is 105 Å². The van der Waals surface area contributed by atoms with Crippen LogP contribution in [0.3, 0.4) is 0 Å². The summed E-state index contributed by atoms with van der Waals surface area (Å²) >= 11 is 6.26. The first-order valence-electron chi connectivity index (χ1n) is 14.9. The van der Waals surface area contributed by atoms with E-state index < -0.39 is 63.2 Å². The Hall–Kier alpha value is -3.81. The number of amides is 1. The normalized spacial score (nSPS) is 18.4. The van der Waals surface area contributed by atoms with E-state index in [4.69, 9.17) is 17.3 Å². The molecule has 4 atom stereocenters. The third-order valence-corrected chi connectivity index (χ3v) is 10.8. The van der Waals surface area contributed by atoms with Crippen molar-refractivity contribution in [2.45, 2.75) is 48.7 Å². The number of nitrogens with zero attached hydrogens (tertiary/aromatic N) is 1. The molecule has 0 aliphatic carbocycles. The van der Waals surface area contributed by atoms with Gasteiger partial charge in [0.05, 0.1) is 11.1 Å². The van der Waals surface area contributed by atoms with Crippen molar-refractivity contribution in [1.82, 2.24) is 9.62 Å². The van der Waals surface area contributed by atoms with Gasteiger partial charge in [0, 0.05) is 48.4 Å². The molecule has 1 unspecified atom stereocenters. The number of hydrogen-bond donors (Lipinski definition) is 3. The van der Waals surface area contributed by atoms with Gasteiger partial charge in [-0.05, 0) is 79.4 Å². The van der Waals surface area contributed by atoms with Crippen LogP contribution in [0.2, 0.25) is 5.02 Å². The summed E-state index contributed by atoms with van der Waals surface area (Å²) in [4.78, 5) is 13.6. The van der Waals surface area contributed by atoms with E-state index in [1.807, 2.05) is 0 Å². The summed E-state index contributed by atoms with van der Waals surface area (Å²) in [6.45, 7) is 2.48. The van der Waals surface area contributed by atoms with Gasteiger partial charge in [0.25, 0.3) is 0 Å². The van der Waals surface area contributed by atoms with Gasteiger partial charge >= 0.3 is 0 Å². The predicted molar refractivity (Wildman–Crippen MR) is 173 cm³/mol. The molecule has 0 spiro atoms. The van der Waals surface area contributed by atoms with Gasteiger partial charge in [-0.15, -0.1) is 0 Å². The molecule has 47 heavy (non-hydrogen) atoms. The molecule has 248 valence electrons. The Morgan fingerprint density at radius 1 is 0.936 bits per heavy atom. The van der Waals surface area contributed by atoms with Crippen molar-refractivity contribution in [2.75, 3.05) is 18.4 Å². The molecule has 13 heteroatoms. The second-order valence-electron chi connectivity index (χ2n) is 11.5. The van der Waals surface area contributed by atoms with E-state index in [-0.39, 0.29) is 39.6 Å². The number of nitrogens with one attached hydrogen (secondary N) is 2. The molecular formula is C34H33ClF4N4O3S. The van der Waals surface area contributed by atoms with Gasteiger partial charge in [0.2, 0.25) is 15.9 Å². The van der Waals surface area contributed by atoms with Crippen molar-refractivity contribution < 1.29 is 30.8 Å². The molecule has 4 aromatic carbocycles. The molecule has 1 aliphatic heterocycles. The van der Waals surface area contributed by atoms with Crippen LogP contribution in [0.25, 0.3) is 0 Å². The second-order valence-corrected chi connectivity index (χ2v) is 13.7. The Balaban J connectivity index is 1.40. The molecular weight excluding hydrogens is 656 g/mol. The zero-order chi connectivity index (χ0) is 33.9. The SMILES string of the molecule is C[C@H]1CNC[C@H](CCc2c(F)cccc2NC(=O)[C@@H](N)C(c2ccc(F)cc2)c2cc(F)cc(F)c2)N1S(=O)(=O)c1ccccc1Cl. The number of carbonyl (C=O) groups is 1. The summed E-state index contributed by atoms with van der Waals surface area (Å²) in [6.07, 6.45) is 0.235. The Kier molecular flexibility index (Phi) is 10.7. The number of anilines is 1. The number of halogens is 5. The maximum Gasteiger partial charge on any atom is 0.245 e. The molecule has 1 saturated heterocycles. The van der Waals surface area contributed by atoms with E-state index in [9.17, 15) is 26.4 Å². The number of hydrogen-bond acceptors (Lipinski definition) is 5. The number of nitrogens with two attached hydrogens (primary N) is 1. The summed E-state index contributed by atoms with van der Waals surface area (Å²) in [5.41, 5.74) is 7.01. The predicted octanol–water partition coefficient (Wildman–Crippen LogP) is 5.98. The van der Waals surface area contributed by atoms with E-state index in [0.29, 0.717) is 24.7 Å². The largest absolute Gasteiger partial charge is 0.324 e. The average Bonchev–Trinajstić information content (AvgIpc) is 3.01. The molecule has 0 radical (unpaired) electrons. The van der Waals surface area contributed by atoms with Crippen LogP contribution in [-0.2, 0) is 21.2 Å². The summed E-state index contributed by atoms with van der Waals surface area (Å²) < 4.78 is 86.4. The van der Waals surface area contributed by atoms with Crippen LogP contribution >= 0.6 is 11.6 Å². The molecule has 1 aliphatic rings. The molecule has 0 bridgehead atoms. The maximum atomic E-state index is 15.3. The summed E-state index contributed by atoms with van der Waals surface area (Å²) in [5, 5.41) is 5.97. The number of piperazine rings is 1. The van der Waals surface area contributed by atoms with E-state index in [1.54, 1.807) is 19.1 Å². The first-order valence-corrected chi connectivity index (χ1v) is 16.7. The lowest BCUT2D eigenvalue weighted by Crippen LogP contribution is -2.58. The highest BCUT2D eigenvalue weighted by Crippen LogP contribution is 2.32. The second kappa shape index (κ2) is 14.5. The highest BCUT2D eigenvalue weighted by atomic mass is 35.5. The van der Waals surface area contributed by atoms with Crippen LogP contribution in [0.1, 0.15) is 36.0 Å². The monoisotopic (exact) mass is 688 g/mol. The van der Waals surface area contributed by atoms with Crippen LogP contribution in [0.4, 0.5) is 23.2 Å². The van der Waals surface area contributed by atoms with E-state index >= 15 is 4.39 Å². The molecule has 0 aromatic heterocycles. The van der Waals surface area contributed by atoms with Gasteiger partial charge in [-0.1, -0.05) is 41.9 Å². The third kappa shape index (κ3) is 7.68. The van der Waals surface area contributed by atoms with Crippen LogP contribution in [-0.4, -0.2) is 49.8 Å². The molecule has 0 saturated carbocycles. The zero-order valence-corrected chi connectivity index (χ0v) is 26.8. The van der Waals surface area contributed by atoms with Gasteiger partial charge < -0.3 is 16.4 Å². The molecule has 1 amide bonds. The minimum absolute atomic E-state index is 0.0258. The fourth-order valence-corrected chi connectivity index (χ4v) is 8.41. The first kappa shape index (κ1) is 34.5. The first-order chi connectivity index (χ1) is 22.4. The third-order valence-electron chi connectivity index (χ3n) is 8.25. The zero-order valence-electron chi connectivity index (χ0n) is 25.3. The molecule has 1 heterocycles. The lowest BCUT2D eigenvalue weighted by molar-refractivity contribution is -0.117. The Morgan fingerprint density at radius 2 is 1.62 bits per heavy atom. The van der Waals surface area contributed by atoms with E-state index in [0.717, 1.165) is 24.3 Å². The van der Waals surface area contributed by atoms with Gasteiger partial charge in [-0.25, -0.2) is 26.0 Å². The number of rotatable bonds is 10. The molecule has 7 nitrogen and oxygen atoms in total. The minimum Gasteiger partial charge on any atom is -0.324 e. The average molecular weight is 689 g/mol. The van der Waals surface area contributed by atoms with Crippen molar-refractivity contribution in [3.63, 3.8) is 0 Å². The highest BCUT2D eigenvalue weighted by Gasteiger charge is 2.39. The standard InChI is InChI=1S/C34H33ClF4N4O3S/c1-20-18-41-19-26(43(20)47(45,46)31-8-3-2-5-28(31)35)13-14-27-29(39)6-4-7-30(27)42-34(44)33(40)32(21-9-11-23(36)12-10-21)22-15-24(37)17-25(38)16-22/h2-12,15-17,20,26,32-33,41H,13-14,18-19,40H2,1H3,(H,42,44)/t20-,26-,32?,33-/m0/s1. The molecule has 5 rings (SSSR count). The summed E-state index contributed by atoms with van der Waals surface area (Å²) in [7, 11) is -4.01. The lowest BCUT2D eigenvalue weighted by atomic mass is 9.84. The summed E-state index contributed by atoms with van der Waals surface area (Å²) in [5.74, 6) is -4.83. The van der Waals surface area contributed by atoms with Crippen LogP contribution in [0, 0.1) is 23.3 Å². The fourth-order valence-electron chi connectivity index (χ4n) is 6.07. The van der Waals surface area contributed by atoms with Crippen LogP contribution in [0.15, 0.2) is 89.8 Å². The van der Waals surface area contributed by atoms with Crippen LogP contribution in [0.5, 0.6) is 0 Å². The Bertz CT molecular complexity index is 1840. The van der Waals surface area contributed by atoms with Gasteiger partial charge in [0.15, 0.2) is 0 Å². The fraction of sp³-hybridized carbons (Fsp3) is 0.265. The van der Waals surface area contributed by atoms with Crippen molar-refractivity contribution in [1.29, 1.82) is 0 Å². The van der Waals surface area contributed by atoms with Crippen molar-refractivity contribution in [2.24, 2.45) is 5.73 Å². The highest BCUT2D eigenvalue weighted by molar-refractivity contribution is 7.89. The van der Waals surface area contributed by atoms with Crippen molar-refractivity contribution in [3.05, 3.63) is 130 Å². The maximum absolute atomic E-state index is 15.3.